The predicted octanol–water partition coefficient (Wildman–Crippen LogP) is 3.79. The lowest BCUT2D eigenvalue weighted by molar-refractivity contribution is 0.102. The number of ether oxygens (including phenoxy) is 1. The van der Waals surface area contributed by atoms with Gasteiger partial charge in [0.05, 0.1) is 16.8 Å². The average molecular weight is 310 g/mol. The number of hydrogen-bond donors (Lipinski definition) is 1. The van der Waals surface area contributed by atoms with E-state index in [0.29, 0.717) is 17.3 Å². The summed E-state index contributed by atoms with van der Waals surface area (Å²) in [5, 5.41) is 3.51. The van der Waals surface area contributed by atoms with Crippen LogP contribution in [-0.4, -0.2) is 17.5 Å². The second kappa shape index (κ2) is 5.10. The number of carbonyl (C=O) groups excluding carboxylic acids is 1. The van der Waals surface area contributed by atoms with Crippen molar-refractivity contribution < 1.29 is 9.53 Å². The van der Waals surface area contributed by atoms with Gasteiger partial charge < -0.3 is 4.74 Å². The Morgan fingerprint density at radius 3 is 3.09 bits per heavy atom. The van der Waals surface area contributed by atoms with Gasteiger partial charge in [0, 0.05) is 12.0 Å². The van der Waals surface area contributed by atoms with E-state index in [4.69, 9.17) is 4.74 Å². The van der Waals surface area contributed by atoms with Crippen molar-refractivity contribution in [3.8, 4) is 5.75 Å². The minimum atomic E-state index is -0.134. The molecule has 1 aromatic heterocycles. The van der Waals surface area contributed by atoms with Crippen LogP contribution < -0.4 is 10.1 Å². The Morgan fingerprint density at radius 2 is 2.18 bits per heavy atom. The van der Waals surface area contributed by atoms with Crippen molar-refractivity contribution in [3.05, 3.63) is 53.1 Å². The van der Waals surface area contributed by atoms with Crippen molar-refractivity contribution in [1.82, 2.24) is 4.98 Å². The van der Waals surface area contributed by atoms with E-state index in [-0.39, 0.29) is 5.91 Å². The summed E-state index contributed by atoms with van der Waals surface area (Å²) >= 11 is 1.49. The van der Waals surface area contributed by atoms with Crippen LogP contribution in [-0.2, 0) is 6.42 Å². The first-order chi connectivity index (χ1) is 10.7. The minimum Gasteiger partial charge on any atom is -0.493 e. The Morgan fingerprint density at radius 1 is 1.27 bits per heavy atom. The first-order valence-corrected chi connectivity index (χ1v) is 7.95. The van der Waals surface area contributed by atoms with E-state index in [2.05, 4.69) is 16.4 Å². The molecule has 3 aromatic rings. The number of anilines is 1. The number of nitrogens with zero attached hydrogens (tertiary/aromatic N) is 1. The molecule has 22 heavy (non-hydrogen) atoms. The second-order valence-electron chi connectivity index (χ2n) is 5.37. The zero-order valence-corrected chi connectivity index (χ0v) is 12.9. The zero-order chi connectivity index (χ0) is 15.1. The summed E-state index contributed by atoms with van der Waals surface area (Å²) in [7, 11) is 0. The smallest absolute Gasteiger partial charge is 0.257 e. The molecule has 5 heteroatoms. The molecule has 1 aliphatic rings. The predicted molar refractivity (Wildman–Crippen MR) is 88.0 cm³/mol. The third-order valence-electron chi connectivity index (χ3n) is 3.72. The van der Waals surface area contributed by atoms with Gasteiger partial charge >= 0.3 is 0 Å². The number of hydrogen-bond acceptors (Lipinski definition) is 4. The van der Waals surface area contributed by atoms with Gasteiger partial charge in [-0.3, -0.25) is 10.1 Å². The van der Waals surface area contributed by atoms with Gasteiger partial charge in [-0.1, -0.05) is 17.4 Å². The molecule has 2 heterocycles. The van der Waals surface area contributed by atoms with E-state index in [1.165, 1.54) is 16.9 Å². The molecule has 0 unspecified atom stereocenters. The molecule has 0 aliphatic carbocycles. The second-order valence-corrected chi connectivity index (χ2v) is 6.40. The number of nitrogens with one attached hydrogen (secondary N) is 1. The Labute approximate surface area is 131 Å². The van der Waals surface area contributed by atoms with E-state index >= 15 is 0 Å². The highest BCUT2D eigenvalue weighted by molar-refractivity contribution is 7.22. The standard InChI is InChI=1S/C17H14N2O2S/c1-10-2-4-13-15(8-10)22-17(18-13)19-16(20)12-3-5-14-11(9-12)6-7-21-14/h2-5,8-9H,6-7H2,1H3,(H,18,19,20). The molecular weight excluding hydrogens is 296 g/mol. The highest BCUT2D eigenvalue weighted by Gasteiger charge is 2.16. The van der Waals surface area contributed by atoms with Crippen LogP contribution in [0, 0.1) is 6.92 Å². The molecule has 0 bridgehead atoms. The van der Waals surface area contributed by atoms with E-state index in [9.17, 15) is 4.79 Å². The fourth-order valence-electron chi connectivity index (χ4n) is 2.58. The van der Waals surface area contributed by atoms with Crippen LogP contribution in [0.3, 0.4) is 0 Å². The monoisotopic (exact) mass is 310 g/mol. The van der Waals surface area contributed by atoms with Crippen LogP contribution in [0.1, 0.15) is 21.5 Å². The minimum absolute atomic E-state index is 0.134. The topological polar surface area (TPSA) is 51.2 Å². The van der Waals surface area contributed by atoms with Gasteiger partial charge in [0.25, 0.3) is 5.91 Å². The lowest BCUT2D eigenvalue weighted by Gasteiger charge is -2.03. The average Bonchev–Trinajstić information content (AvgIpc) is 3.11. The molecule has 1 amide bonds. The highest BCUT2D eigenvalue weighted by Crippen LogP contribution is 2.28. The number of thiazole rings is 1. The summed E-state index contributed by atoms with van der Waals surface area (Å²) in [5.41, 5.74) is 3.83. The first-order valence-electron chi connectivity index (χ1n) is 7.13. The fraction of sp³-hybridized carbons (Fsp3) is 0.176. The van der Waals surface area contributed by atoms with Crippen molar-refractivity contribution in [2.45, 2.75) is 13.3 Å². The van der Waals surface area contributed by atoms with Gasteiger partial charge in [0.1, 0.15) is 5.75 Å². The number of rotatable bonds is 2. The highest BCUT2D eigenvalue weighted by atomic mass is 32.1. The number of aromatic nitrogens is 1. The summed E-state index contributed by atoms with van der Waals surface area (Å²) in [4.78, 5) is 16.8. The van der Waals surface area contributed by atoms with Crippen LogP contribution in [0.15, 0.2) is 36.4 Å². The van der Waals surface area contributed by atoms with Gasteiger partial charge in [0.2, 0.25) is 0 Å². The molecule has 0 spiro atoms. The molecular formula is C17H14N2O2S. The molecule has 0 atom stereocenters. The number of fused-ring (bicyclic) bond motifs is 2. The van der Waals surface area contributed by atoms with E-state index in [1.54, 1.807) is 6.07 Å². The number of aryl methyl sites for hydroxylation is 1. The van der Waals surface area contributed by atoms with Crippen molar-refractivity contribution in [2.75, 3.05) is 11.9 Å². The van der Waals surface area contributed by atoms with Gasteiger partial charge in [-0.15, -0.1) is 0 Å². The molecule has 0 radical (unpaired) electrons. The number of benzene rings is 2. The van der Waals surface area contributed by atoms with Crippen molar-refractivity contribution in [2.24, 2.45) is 0 Å². The van der Waals surface area contributed by atoms with Crippen LogP contribution in [0.25, 0.3) is 10.2 Å². The molecule has 110 valence electrons. The first kappa shape index (κ1) is 13.3. The maximum atomic E-state index is 12.4. The van der Waals surface area contributed by atoms with Gasteiger partial charge in [-0.25, -0.2) is 4.98 Å². The Kier molecular flexibility index (Phi) is 3.08. The van der Waals surface area contributed by atoms with Crippen LogP contribution >= 0.6 is 11.3 Å². The largest absolute Gasteiger partial charge is 0.493 e. The molecule has 1 aliphatic heterocycles. The number of amides is 1. The zero-order valence-electron chi connectivity index (χ0n) is 12.1. The molecule has 4 rings (SSSR count). The lowest BCUT2D eigenvalue weighted by Crippen LogP contribution is -2.11. The van der Waals surface area contributed by atoms with Crippen LogP contribution in [0.2, 0.25) is 0 Å². The SMILES string of the molecule is Cc1ccc2nc(NC(=O)c3ccc4c(c3)CCO4)sc2c1. The molecule has 4 nitrogen and oxygen atoms in total. The lowest BCUT2D eigenvalue weighted by atomic mass is 10.1. The van der Waals surface area contributed by atoms with E-state index < -0.39 is 0 Å². The Hall–Kier alpha value is -2.40. The van der Waals surface area contributed by atoms with Gasteiger partial charge in [-0.2, -0.15) is 0 Å². The summed E-state index contributed by atoms with van der Waals surface area (Å²) < 4.78 is 6.54. The maximum Gasteiger partial charge on any atom is 0.257 e. The van der Waals surface area contributed by atoms with E-state index in [1.807, 2.05) is 31.2 Å². The summed E-state index contributed by atoms with van der Waals surface area (Å²) in [6.45, 7) is 2.74. The molecule has 0 saturated heterocycles. The van der Waals surface area contributed by atoms with Gasteiger partial charge in [0.15, 0.2) is 5.13 Å². The van der Waals surface area contributed by atoms with Crippen molar-refractivity contribution >= 4 is 32.6 Å². The summed E-state index contributed by atoms with van der Waals surface area (Å²) in [6, 6.07) is 11.6. The maximum absolute atomic E-state index is 12.4. The Bertz CT molecular complexity index is 885. The molecule has 2 aromatic carbocycles. The summed E-state index contributed by atoms with van der Waals surface area (Å²) in [5.74, 6) is 0.748. The third-order valence-corrected chi connectivity index (χ3v) is 4.65. The third kappa shape index (κ3) is 2.33. The summed E-state index contributed by atoms with van der Waals surface area (Å²) in [6.07, 6.45) is 0.858. The van der Waals surface area contributed by atoms with Crippen molar-refractivity contribution in [1.29, 1.82) is 0 Å². The number of carbonyl (C=O) groups is 1. The fourth-order valence-corrected chi connectivity index (χ4v) is 3.54. The molecule has 0 fully saturated rings. The molecule has 0 saturated carbocycles. The van der Waals surface area contributed by atoms with Gasteiger partial charge in [-0.05, 0) is 48.4 Å². The van der Waals surface area contributed by atoms with E-state index in [0.717, 1.165) is 28.0 Å². The quantitative estimate of drug-likeness (QED) is 0.783. The molecule has 1 N–H and O–H groups in total. The van der Waals surface area contributed by atoms with Crippen LogP contribution in [0.4, 0.5) is 5.13 Å². The normalized spacial score (nSPS) is 13.0. The van der Waals surface area contributed by atoms with Crippen molar-refractivity contribution in [3.63, 3.8) is 0 Å². The Balaban J connectivity index is 1.60. The van der Waals surface area contributed by atoms with Crippen LogP contribution in [0.5, 0.6) is 5.75 Å².